The van der Waals surface area contributed by atoms with Crippen molar-refractivity contribution in [3.63, 3.8) is 0 Å². The number of benzene rings is 2. The lowest BCUT2D eigenvalue weighted by Crippen LogP contribution is -2.44. The third-order valence-electron chi connectivity index (χ3n) is 6.25. The molecule has 1 aliphatic carbocycles. The van der Waals surface area contributed by atoms with E-state index in [1.54, 1.807) is 18.2 Å². The lowest BCUT2D eigenvalue weighted by atomic mass is 10.1. The van der Waals surface area contributed by atoms with Gasteiger partial charge >= 0.3 is 6.03 Å². The van der Waals surface area contributed by atoms with E-state index in [1.165, 1.54) is 6.26 Å². The number of urea groups is 1. The Morgan fingerprint density at radius 2 is 1.83 bits per heavy atom. The summed E-state index contributed by atoms with van der Waals surface area (Å²) in [7, 11) is -3.38. The summed E-state index contributed by atoms with van der Waals surface area (Å²) in [4.78, 5) is 24.1. The number of hydrogen-bond donors (Lipinski definition) is 2. The third kappa shape index (κ3) is 5.66. The molecule has 0 unspecified atom stereocenters. The van der Waals surface area contributed by atoms with Crippen LogP contribution in [0.25, 0.3) is 22.6 Å². The van der Waals surface area contributed by atoms with E-state index in [0.29, 0.717) is 42.5 Å². The molecular formula is C26H29N5O4S. The summed E-state index contributed by atoms with van der Waals surface area (Å²) in [6.07, 6.45) is 3.24. The van der Waals surface area contributed by atoms with Gasteiger partial charge in [0, 0.05) is 41.7 Å². The predicted octanol–water partition coefficient (Wildman–Crippen LogP) is 3.72. The van der Waals surface area contributed by atoms with E-state index >= 15 is 0 Å². The summed E-state index contributed by atoms with van der Waals surface area (Å²) in [5.41, 5.74) is 2.87. The van der Waals surface area contributed by atoms with Crippen LogP contribution in [0.5, 0.6) is 0 Å². The zero-order valence-corrected chi connectivity index (χ0v) is 21.1. The Bertz CT molecular complexity index is 1370. The Labute approximate surface area is 210 Å². The fourth-order valence-electron chi connectivity index (χ4n) is 4.10. The largest absolute Gasteiger partial charge is 0.377 e. The lowest BCUT2D eigenvalue weighted by molar-refractivity contribution is 0.0985. The maximum atomic E-state index is 12.1. The number of nitrogens with one attached hydrogen (secondary N) is 2. The molecule has 2 amide bonds. The van der Waals surface area contributed by atoms with E-state index in [4.69, 9.17) is 14.7 Å². The van der Waals surface area contributed by atoms with Crippen molar-refractivity contribution in [2.24, 2.45) is 0 Å². The first-order valence-electron chi connectivity index (χ1n) is 12.0. The van der Waals surface area contributed by atoms with Gasteiger partial charge in [-0.25, -0.2) is 23.2 Å². The molecule has 2 aliphatic rings. The highest BCUT2D eigenvalue weighted by molar-refractivity contribution is 7.90. The fraction of sp³-hybridized carbons (Fsp3) is 0.346. The third-order valence-corrected chi connectivity index (χ3v) is 7.36. The first kappa shape index (κ1) is 24.2. The summed E-state index contributed by atoms with van der Waals surface area (Å²) < 4.78 is 29.9. The van der Waals surface area contributed by atoms with Crippen molar-refractivity contribution in [1.29, 1.82) is 0 Å². The van der Waals surface area contributed by atoms with Crippen LogP contribution in [0.4, 0.5) is 16.3 Å². The molecule has 36 heavy (non-hydrogen) atoms. The van der Waals surface area contributed by atoms with Crippen LogP contribution in [-0.4, -0.2) is 62.5 Å². The summed E-state index contributed by atoms with van der Waals surface area (Å²) in [6, 6.07) is 16.3. The highest BCUT2D eigenvalue weighted by atomic mass is 32.2. The minimum Gasteiger partial charge on any atom is -0.377 e. The molecule has 5 rings (SSSR count). The second kappa shape index (κ2) is 9.87. The smallest absolute Gasteiger partial charge is 0.319 e. The van der Waals surface area contributed by atoms with Crippen LogP contribution >= 0.6 is 0 Å². The van der Waals surface area contributed by atoms with Crippen molar-refractivity contribution in [3.8, 4) is 22.6 Å². The molecule has 2 aromatic carbocycles. The van der Waals surface area contributed by atoms with Gasteiger partial charge in [-0.2, -0.15) is 0 Å². The van der Waals surface area contributed by atoms with Crippen LogP contribution in [0.1, 0.15) is 19.8 Å². The quantitative estimate of drug-likeness (QED) is 0.523. The van der Waals surface area contributed by atoms with Crippen LogP contribution in [0.15, 0.2) is 59.5 Å². The van der Waals surface area contributed by atoms with E-state index in [2.05, 4.69) is 22.5 Å². The number of sulfone groups is 1. The number of carbonyl (C=O) groups is 1. The average molecular weight is 508 g/mol. The van der Waals surface area contributed by atoms with Gasteiger partial charge in [0.25, 0.3) is 0 Å². The van der Waals surface area contributed by atoms with E-state index in [9.17, 15) is 13.2 Å². The topological polar surface area (TPSA) is 114 Å². The Hall–Kier alpha value is -3.50. The second-order valence-corrected chi connectivity index (χ2v) is 11.3. The van der Waals surface area contributed by atoms with Crippen LogP contribution < -0.4 is 15.5 Å². The SMILES string of the molecule is C[C@H]1COCCN1c1cc(-c2ccc(NC(=O)NC3CC3)cc2)nc(-c2cccc(S(C)(=O)=O)c2)n1. The molecule has 10 heteroatoms. The van der Waals surface area contributed by atoms with E-state index in [1.807, 2.05) is 36.4 Å². The van der Waals surface area contributed by atoms with Gasteiger partial charge < -0.3 is 20.3 Å². The molecule has 0 radical (unpaired) electrons. The lowest BCUT2D eigenvalue weighted by Gasteiger charge is -2.34. The number of nitrogens with zero attached hydrogens (tertiary/aromatic N) is 3. The molecule has 188 valence electrons. The summed E-state index contributed by atoms with van der Waals surface area (Å²) in [6.45, 7) is 3.98. The van der Waals surface area contributed by atoms with Gasteiger partial charge in [0.05, 0.1) is 29.8 Å². The van der Waals surface area contributed by atoms with Crippen LogP contribution in [0, 0.1) is 0 Å². The molecule has 1 aromatic heterocycles. The summed E-state index contributed by atoms with van der Waals surface area (Å²) >= 11 is 0. The van der Waals surface area contributed by atoms with Gasteiger partial charge in [0.2, 0.25) is 0 Å². The van der Waals surface area contributed by atoms with Gasteiger partial charge in [-0.15, -0.1) is 0 Å². The first-order valence-corrected chi connectivity index (χ1v) is 13.9. The zero-order valence-electron chi connectivity index (χ0n) is 20.3. The first-order chi connectivity index (χ1) is 17.3. The van der Waals surface area contributed by atoms with Crippen molar-refractivity contribution in [2.75, 3.05) is 36.2 Å². The average Bonchev–Trinajstić information content (AvgIpc) is 3.68. The van der Waals surface area contributed by atoms with Crippen molar-refractivity contribution in [3.05, 3.63) is 54.6 Å². The number of carbonyl (C=O) groups excluding carboxylic acids is 1. The Morgan fingerprint density at radius 1 is 1.06 bits per heavy atom. The number of morpholine rings is 1. The number of anilines is 2. The maximum Gasteiger partial charge on any atom is 0.319 e. The molecule has 9 nitrogen and oxygen atoms in total. The molecule has 0 spiro atoms. The van der Waals surface area contributed by atoms with Crippen molar-refractivity contribution in [2.45, 2.75) is 36.7 Å². The van der Waals surface area contributed by atoms with Crippen molar-refractivity contribution < 1.29 is 17.9 Å². The highest BCUT2D eigenvalue weighted by Crippen LogP contribution is 2.29. The molecule has 2 N–H and O–H groups in total. The second-order valence-electron chi connectivity index (χ2n) is 9.30. The van der Waals surface area contributed by atoms with Crippen LogP contribution in [-0.2, 0) is 14.6 Å². The predicted molar refractivity (Wildman–Crippen MR) is 139 cm³/mol. The number of amides is 2. The van der Waals surface area contributed by atoms with E-state index < -0.39 is 9.84 Å². The summed E-state index contributed by atoms with van der Waals surface area (Å²) in [5.74, 6) is 1.19. The van der Waals surface area contributed by atoms with Gasteiger partial charge in [-0.1, -0.05) is 24.3 Å². The standard InChI is InChI=1S/C26H29N5O4S/c1-17-16-35-13-12-31(17)24-15-23(18-6-8-20(9-7-18)27-26(32)28-21-10-11-21)29-25(30-24)19-4-3-5-22(14-19)36(2,33)34/h3-9,14-15,17,21H,10-13,16H2,1-2H3,(H2,27,28,32)/t17-/m0/s1. The number of ether oxygens (including phenoxy) is 1. The molecule has 2 heterocycles. The van der Waals surface area contributed by atoms with Gasteiger partial charge in [-0.05, 0) is 44.0 Å². The van der Waals surface area contributed by atoms with Crippen molar-refractivity contribution >= 4 is 27.4 Å². The van der Waals surface area contributed by atoms with Crippen LogP contribution in [0.2, 0.25) is 0 Å². The van der Waals surface area contributed by atoms with Gasteiger partial charge in [0.15, 0.2) is 15.7 Å². The molecular weight excluding hydrogens is 478 g/mol. The molecule has 1 aliphatic heterocycles. The number of rotatable bonds is 6. The Kier molecular flexibility index (Phi) is 6.63. The van der Waals surface area contributed by atoms with Gasteiger partial charge in [-0.3, -0.25) is 0 Å². The molecule has 3 aromatic rings. The monoisotopic (exact) mass is 507 g/mol. The fourth-order valence-corrected chi connectivity index (χ4v) is 4.76. The molecule has 0 bridgehead atoms. The molecule has 1 atom stereocenters. The molecule has 1 saturated carbocycles. The van der Waals surface area contributed by atoms with E-state index in [-0.39, 0.29) is 23.0 Å². The van der Waals surface area contributed by atoms with E-state index in [0.717, 1.165) is 24.2 Å². The highest BCUT2D eigenvalue weighted by Gasteiger charge is 2.24. The Balaban J connectivity index is 1.50. The summed E-state index contributed by atoms with van der Waals surface area (Å²) in [5, 5.41) is 5.76. The molecule has 2 fully saturated rings. The maximum absolute atomic E-state index is 12.1. The molecule has 1 saturated heterocycles. The number of hydrogen-bond acceptors (Lipinski definition) is 7. The Morgan fingerprint density at radius 3 is 2.53 bits per heavy atom. The zero-order chi connectivity index (χ0) is 25.3. The van der Waals surface area contributed by atoms with Crippen molar-refractivity contribution in [1.82, 2.24) is 15.3 Å². The van der Waals surface area contributed by atoms with Gasteiger partial charge in [0.1, 0.15) is 5.82 Å². The van der Waals surface area contributed by atoms with Crippen LogP contribution in [0.3, 0.4) is 0 Å². The minimum absolute atomic E-state index is 0.133. The minimum atomic E-state index is -3.38. The number of aromatic nitrogens is 2. The normalized spacial score (nSPS) is 18.1.